The molecule has 2 heterocycles. The molecule has 1 saturated heterocycles. The minimum absolute atomic E-state index is 0.249. The first kappa shape index (κ1) is 16.5. The summed E-state index contributed by atoms with van der Waals surface area (Å²) in [5, 5.41) is 1.44. The molecule has 5 nitrogen and oxygen atoms in total. The lowest BCUT2D eigenvalue weighted by molar-refractivity contribution is 0.0795. The molecule has 0 spiro atoms. The Hall–Kier alpha value is -2.01. The predicted octanol–water partition coefficient (Wildman–Crippen LogP) is 3.22. The van der Waals surface area contributed by atoms with Crippen LogP contribution < -0.4 is 0 Å². The lowest BCUT2D eigenvalue weighted by Gasteiger charge is -2.45. The minimum atomic E-state index is -0.249. The number of H-pyrrole nitrogens is 1. The Morgan fingerprint density at radius 3 is 3.04 bits per heavy atom. The molecule has 1 aliphatic carbocycles. The molecular formula is C20H27N3O2. The van der Waals surface area contributed by atoms with Crippen LogP contribution >= 0.6 is 0 Å². The molecule has 134 valence electrons. The molecule has 3 atom stereocenters. The number of likely N-dealkylation sites (N-methyl/N-ethyl adjacent to an activating group) is 1. The molecule has 0 saturated carbocycles. The fraction of sp³-hybridized carbons (Fsp3) is 0.550. The highest BCUT2D eigenvalue weighted by Gasteiger charge is 2.39. The molecule has 0 bridgehead atoms. The standard InChI is InChI=1S/C20H27N3O2/c1-22(2)20(24)25-8-7-13-9-16-15-5-4-6-17-19(15)14(11-21-17)10-18(16)23(3)12-13/h4-6,11,13,16,18,21H,7-10,12H2,1-3H3/t13-,16?,18-/m1/s1. The van der Waals surface area contributed by atoms with Crippen molar-refractivity contribution >= 4 is 17.0 Å². The van der Waals surface area contributed by atoms with Gasteiger partial charge >= 0.3 is 6.09 Å². The van der Waals surface area contributed by atoms with Gasteiger partial charge in [-0.1, -0.05) is 12.1 Å². The Kier molecular flexibility index (Phi) is 4.20. The number of nitrogens with one attached hydrogen (secondary N) is 1. The van der Waals surface area contributed by atoms with Crippen LogP contribution in [0.15, 0.2) is 24.4 Å². The van der Waals surface area contributed by atoms with Crippen LogP contribution in [-0.2, 0) is 11.2 Å². The van der Waals surface area contributed by atoms with Gasteiger partial charge in [0.25, 0.3) is 0 Å². The van der Waals surface area contributed by atoms with E-state index in [2.05, 4.69) is 41.3 Å². The van der Waals surface area contributed by atoms with Crippen molar-refractivity contribution in [3.63, 3.8) is 0 Å². The van der Waals surface area contributed by atoms with Crippen LogP contribution in [0, 0.1) is 5.92 Å². The zero-order valence-electron chi connectivity index (χ0n) is 15.3. The Balaban J connectivity index is 1.50. The van der Waals surface area contributed by atoms with Gasteiger partial charge < -0.3 is 19.5 Å². The lowest BCUT2D eigenvalue weighted by Crippen LogP contribution is -2.48. The lowest BCUT2D eigenvalue weighted by atomic mass is 9.72. The predicted molar refractivity (Wildman–Crippen MR) is 98.9 cm³/mol. The summed E-state index contributed by atoms with van der Waals surface area (Å²) in [6.45, 7) is 1.59. The average Bonchev–Trinajstić information content (AvgIpc) is 3.00. The van der Waals surface area contributed by atoms with Crippen molar-refractivity contribution in [2.45, 2.75) is 31.2 Å². The summed E-state index contributed by atoms with van der Waals surface area (Å²) in [5.41, 5.74) is 4.21. The van der Waals surface area contributed by atoms with Gasteiger partial charge in [0, 0.05) is 49.7 Å². The third-order valence-electron chi connectivity index (χ3n) is 5.93. The molecule has 1 fully saturated rings. The molecule has 1 N–H and O–H groups in total. The summed E-state index contributed by atoms with van der Waals surface area (Å²) in [4.78, 5) is 19.0. The number of nitrogens with zero attached hydrogens (tertiary/aromatic N) is 2. The van der Waals surface area contributed by atoms with Gasteiger partial charge in [0.2, 0.25) is 0 Å². The number of benzene rings is 1. The van der Waals surface area contributed by atoms with Gasteiger partial charge in [-0.05, 0) is 49.4 Å². The molecule has 2 aromatic rings. The number of likely N-dealkylation sites (tertiary alicyclic amines) is 1. The summed E-state index contributed by atoms with van der Waals surface area (Å²) in [6.07, 6.45) is 5.17. The second-order valence-electron chi connectivity index (χ2n) is 7.80. The average molecular weight is 341 g/mol. The van der Waals surface area contributed by atoms with Crippen LogP contribution in [0.3, 0.4) is 0 Å². The summed E-state index contributed by atoms with van der Waals surface area (Å²) in [5.74, 6) is 1.14. The Morgan fingerprint density at radius 2 is 2.24 bits per heavy atom. The molecule has 1 aliphatic heterocycles. The van der Waals surface area contributed by atoms with E-state index in [1.54, 1.807) is 14.1 Å². The van der Waals surface area contributed by atoms with Gasteiger partial charge in [-0.2, -0.15) is 0 Å². The maximum atomic E-state index is 11.6. The van der Waals surface area contributed by atoms with E-state index < -0.39 is 0 Å². The van der Waals surface area contributed by atoms with Gasteiger partial charge in [0.05, 0.1) is 6.61 Å². The van der Waals surface area contributed by atoms with Gasteiger partial charge in [0.1, 0.15) is 0 Å². The zero-order valence-corrected chi connectivity index (χ0v) is 15.3. The number of ether oxygens (including phenoxy) is 1. The number of hydrogen-bond donors (Lipinski definition) is 1. The highest BCUT2D eigenvalue weighted by molar-refractivity contribution is 5.88. The summed E-state index contributed by atoms with van der Waals surface area (Å²) < 4.78 is 5.34. The summed E-state index contributed by atoms with van der Waals surface area (Å²) in [6, 6.07) is 7.23. The summed E-state index contributed by atoms with van der Waals surface area (Å²) >= 11 is 0. The number of hydrogen-bond acceptors (Lipinski definition) is 3. The molecule has 25 heavy (non-hydrogen) atoms. The maximum Gasteiger partial charge on any atom is 0.409 e. The molecule has 5 heteroatoms. The second-order valence-corrected chi connectivity index (χ2v) is 7.80. The Morgan fingerprint density at radius 1 is 1.40 bits per heavy atom. The number of carbonyl (C=O) groups excluding carboxylic acids is 1. The first-order chi connectivity index (χ1) is 12.0. The van der Waals surface area contributed by atoms with Crippen molar-refractivity contribution in [3.05, 3.63) is 35.5 Å². The molecular weight excluding hydrogens is 314 g/mol. The van der Waals surface area contributed by atoms with E-state index in [1.165, 1.54) is 33.4 Å². The van der Waals surface area contributed by atoms with Crippen LogP contribution in [0.1, 0.15) is 29.9 Å². The second kappa shape index (κ2) is 6.37. The van der Waals surface area contributed by atoms with Gasteiger partial charge in [-0.25, -0.2) is 4.79 Å². The fourth-order valence-electron chi connectivity index (χ4n) is 4.71. The molecule has 2 aliphatic rings. The number of piperidine rings is 1. The molecule has 1 unspecified atom stereocenters. The topological polar surface area (TPSA) is 48.6 Å². The number of fused-ring (bicyclic) bond motifs is 2. The number of aromatic nitrogens is 1. The quantitative estimate of drug-likeness (QED) is 0.932. The van der Waals surface area contributed by atoms with Gasteiger partial charge in [-0.3, -0.25) is 0 Å². The van der Waals surface area contributed by atoms with Crippen molar-refractivity contribution in [3.8, 4) is 0 Å². The first-order valence-corrected chi connectivity index (χ1v) is 9.17. The van der Waals surface area contributed by atoms with E-state index in [1.807, 2.05) is 0 Å². The number of carbonyl (C=O) groups is 1. The SMILES string of the molecule is CN(C)C(=O)OCC[C@@H]1CC2c3cccc4[nH]cc(c34)C[C@H]2N(C)C1. The third-order valence-corrected chi connectivity index (χ3v) is 5.93. The highest BCUT2D eigenvalue weighted by Crippen LogP contribution is 2.44. The maximum absolute atomic E-state index is 11.6. The van der Waals surface area contributed by atoms with E-state index >= 15 is 0 Å². The number of aromatic amines is 1. The van der Waals surface area contributed by atoms with E-state index in [-0.39, 0.29) is 6.09 Å². The van der Waals surface area contributed by atoms with Crippen molar-refractivity contribution in [1.29, 1.82) is 0 Å². The van der Waals surface area contributed by atoms with Crippen LogP contribution in [0.25, 0.3) is 10.9 Å². The van der Waals surface area contributed by atoms with Crippen LogP contribution in [0.5, 0.6) is 0 Å². The van der Waals surface area contributed by atoms with Crippen molar-refractivity contribution < 1.29 is 9.53 Å². The highest BCUT2D eigenvalue weighted by atomic mass is 16.6. The van der Waals surface area contributed by atoms with Gasteiger partial charge in [0.15, 0.2) is 0 Å². The molecule has 0 radical (unpaired) electrons. The molecule has 1 aromatic carbocycles. The zero-order chi connectivity index (χ0) is 17.6. The third kappa shape index (κ3) is 2.91. The monoisotopic (exact) mass is 341 g/mol. The Bertz CT molecular complexity index is 782. The van der Waals surface area contributed by atoms with Crippen LogP contribution in [0.2, 0.25) is 0 Å². The Labute approximate surface area is 148 Å². The smallest absolute Gasteiger partial charge is 0.409 e. The molecule has 1 amide bonds. The van der Waals surface area contributed by atoms with Crippen LogP contribution in [-0.4, -0.2) is 61.2 Å². The van der Waals surface area contributed by atoms with E-state index in [4.69, 9.17) is 4.74 Å². The molecule has 1 aromatic heterocycles. The largest absolute Gasteiger partial charge is 0.449 e. The van der Waals surface area contributed by atoms with Gasteiger partial charge in [-0.15, -0.1) is 0 Å². The van der Waals surface area contributed by atoms with Crippen LogP contribution in [0.4, 0.5) is 4.79 Å². The molecule has 4 rings (SSSR count). The minimum Gasteiger partial charge on any atom is -0.449 e. The van der Waals surface area contributed by atoms with Crippen molar-refractivity contribution in [2.24, 2.45) is 5.92 Å². The number of amides is 1. The normalized spacial score (nSPS) is 25.6. The first-order valence-electron chi connectivity index (χ1n) is 9.17. The number of rotatable bonds is 3. The summed E-state index contributed by atoms with van der Waals surface area (Å²) in [7, 11) is 5.68. The van der Waals surface area contributed by atoms with Crippen molar-refractivity contribution in [1.82, 2.24) is 14.8 Å². The fourth-order valence-corrected chi connectivity index (χ4v) is 4.71. The van der Waals surface area contributed by atoms with E-state index in [0.717, 1.165) is 19.4 Å². The van der Waals surface area contributed by atoms with E-state index in [9.17, 15) is 4.79 Å². The van der Waals surface area contributed by atoms with Crippen molar-refractivity contribution in [2.75, 3.05) is 34.3 Å². The van der Waals surface area contributed by atoms with E-state index in [0.29, 0.717) is 24.5 Å².